The van der Waals surface area contributed by atoms with Crippen LogP contribution in [0.5, 0.6) is 11.5 Å². The van der Waals surface area contributed by atoms with Crippen molar-refractivity contribution in [1.29, 1.82) is 0 Å². The second-order valence-electron chi connectivity index (χ2n) is 5.49. The summed E-state index contributed by atoms with van der Waals surface area (Å²) in [6, 6.07) is 24.0. The van der Waals surface area contributed by atoms with Crippen molar-refractivity contribution in [2.75, 3.05) is 19.1 Å². The fourth-order valence-corrected chi connectivity index (χ4v) is 2.64. The molecule has 0 saturated carbocycles. The molecule has 26 heavy (non-hydrogen) atoms. The van der Waals surface area contributed by atoms with Gasteiger partial charge in [0, 0.05) is 17.1 Å². The Morgan fingerprint density at radius 3 is 1.31 bits per heavy atom. The van der Waals surface area contributed by atoms with Crippen LogP contribution in [0, 0.1) is 6.58 Å². The van der Waals surface area contributed by atoms with E-state index >= 15 is 0 Å². The molecule has 0 spiro atoms. The first kappa shape index (κ1) is 19.7. The number of rotatable bonds is 6. The summed E-state index contributed by atoms with van der Waals surface area (Å²) in [6.07, 6.45) is 1.59. The van der Waals surface area contributed by atoms with Crippen LogP contribution in [-0.2, 0) is 19.5 Å². The zero-order chi connectivity index (χ0) is 17.6. The standard InChI is InChI=1S/C22H20NO2.Ru/c1-4-17-5-7-18(8-6-17)23(19-9-13-21(24-2)14-10-19)20-11-15-22(25-3)16-12-20;/h1,4-16H,2-3H3;/q-1;+1. The zero-order valence-corrected chi connectivity index (χ0v) is 16.4. The number of hydrogen-bond donors (Lipinski definition) is 0. The Morgan fingerprint density at radius 1 is 0.654 bits per heavy atom. The average Bonchev–Trinajstić information content (AvgIpc) is 2.70. The fourth-order valence-electron chi connectivity index (χ4n) is 2.64. The Balaban J connectivity index is 0.00000243. The van der Waals surface area contributed by atoms with Crippen molar-refractivity contribution in [1.82, 2.24) is 0 Å². The summed E-state index contributed by atoms with van der Waals surface area (Å²) in [5, 5.41) is 0. The largest absolute Gasteiger partial charge is 1.00 e. The maximum atomic E-state index is 5.60. The molecule has 3 aromatic carbocycles. The van der Waals surface area contributed by atoms with Gasteiger partial charge in [-0.25, -0.2) is 6.08 Å². The Labute approximate surface area is 167 Å². The van der Waals surface area contributed by atoms with E-state index in [0.29, 0.717) is 0 Å². The third kappa shape index (κ3) is 4.33. The summed E-state index contributed by atoms with van der Waals surface area (Å²) in [6.45, 7) is 5.60. The first-order valence-electron chi connectivity index (χ1n) is 7.98. The third-order valence-electron chi connectivity index (χ3n) is 4.00. The molecule has 0 aliphatic rings. The van der Waals surface area contributed by atoms with Crippen molar-refractivity contribution in [2.24, 2.45) is 0 Å². The number of nitrogens with zero attached hydrogens (tertiary/aromatic N) is 1. The van der Waals surface area contributed by atoms with Crippen LogP contribution in [0.15, 0.2) is 72.8 Å². The van der Waals surface area contributed by atoms with Gasteiger partial charge in [0.1, 0.15) is 11.5 Å². The summed E-state index contributed by atoms with van der Waals surface area (Å²) in [5.41, 5.74) is 4.10. The number of ether oxygens (including phenoxy) is 2. The molecule has 0 unspecified atom stereocenters. The smallest absolute Gasteiger partial charge is 0.497 e. The van der Waals surface area contributed by atoms with Crippen LogP contribution in [0.4, 0.5) is 17.1 Å². The predicted octanol–water partition coefficient (Wildman–Crippen LogP) is 5.62. The van der Waals surface area contributed by atoms with Gasteiger partial charge in [-0.1, -0.05) is 12.1 Å². The summed E-state index contributed by atoms with van der Waals surface area (Å²) >= 11 is 0. The van der Waals surface area contributed by atoms with E-state index < -0.39 is 0 Å². The van der Waals surface area contributed by atoms with E-state index in [9.17, 15) is 0 Å². The first-order valence-corrected chi connectivity index (χ1v) is 7.98. The number of methoxy groups -OCH3 is 2. The molecule has 133 valence electrons. The summed E-state index contributed by atoms with van der Waals surface area (Å²) in [7, 11) is 3.33. The normalized spacial score (nSPS) is 9.77. The molecule has 0 aliphatic heterocycles. The van der Waals surface area contributed by atoms with Crippen molar-refractivity contribution in [2.45, 2.75) is 0 Å². The predicted molar refractivity (Wildman–Crippen MR) is 103 cm³/mol. The minimum atomic E-state index is 0. The van der Waals surface area contributed by atoms with Gasteiger partial charge in [-0.15, -0.1) is 12.1 Å². The average molecular weight is 431 g/mol. The molecular formula is C22H20NO2Ru. The molecule has 0 N–H and O–H groups in total. The second-order valence-corrected chi connectivity index (χ2v) is 5.49. The van der Waals surface area contributed by atoms with Gasteiger partial charge in [-0.3, -0.25) is 6.58 Å². The number of hydrogen-bond acceptors (Lipinski definition) is 3. The van der Waals surface area contributed by atoms with Crippen LogP contribution < -0.4 is 14.4 Å². The molecule has 0 bridgehead atoms. The van der Waals surface area contributed by atoms with Gasteiger partial charge in [0.15, 0.2) is 0 Å². The van der Waals surface area contributed by atoms with E-state index in [4.69, 9.17) is 16.1 Å². The van der Waals surface area contributed by atoms with E-state index in [-0.39, 0.29) is 19.5 Å². The third-order valence-corrected chi connectivity index (χ3v) is 4.00. The molecule has 0 amide bonds. The summed E-state index contributed by atoms with van der Waals surface area (Å²) in [5.74, 6) is 1.65. The van der Waals surface area contributed by atoms with Crippen molar-refractivity contribution >= 4 is 23.1 Å². The van der Waals surface area contributed by atoms with Crippen molar-refractivity contribution in [3.63, 3.8) is 0 Å². The Kier molecular flexibility index (Phi) is 7.00. The van der Waals surface area contributed by atoms with Crippen LogP contribution >= 0.6 is 0 Å². The van der Waals surface area contributed by atoms with E-state index in [0.717, 1.165) is 34.1 Å². The van der Waals surface area contributed by atoms with Crippen molar-refractivity contribution < 1.29 is 29.0 Å². The Bertz CT molecular complexity index is 780. The van der Waals surface area contributed by atoms with Crippen LogP contribution in [0.25, 0.3) is 6.08 Å². The van der Waals surface area contributed by atoms with Crippen LogP contribution in [0.1, 0.15) is 5.56 Å². The fraction of sp³-hybridized carbons (Fsp3) is 0.0909. The topological polar surface area (TPSA) is 21.7 Å². The molecule has 0 heterocycles. The van der Waals surface area contributed by atoms with Crippen molar-refractivity contribution in [3.8, 4) is 11.5 Å². The van der Waals surface area contributed by atoms with Gasteiger partial charge in [0.25, 0.3) is 0 Å². The second kappa shape index (κ2) is 9.21. The Hall–Kier alpha value is -2.58. The molecule has 0 fully saturated rings. The molecule has 4 heteroatoms. The van der Waals surface area contributed by atoms with Crippen LogP contribution in [0.3, 0.4) is 0 Å². The maximum absolute atomic E-state index is 5.60. The summed E-state index contributed by atoms with van der Waals surface area (Å²) < 4.78 is 10.5. The van der Waals surface area contributed by atoms with E-state index in [1.807, 2.05) is 72.8 Å². The number of anilines is 3. The minimum absolute atomic E-state index is 0. The van der Waals surface area contributed by atoms with Gasteiger partial charge in [0.2, 0.25) is 0 Å². The zero-order valence-electron chi connectivity index (χ0n) is 14.7. The van der Waals surface area contributed by atoms with E-state index in [1.165, 1.54) is 0 Å². The molecule has 3 aromatic rings. The Morgan fingerprint density at radius 2 is 1.00 bits per heavy atom. The molecular weight excluding hydrogens is 411 g/mol. The maximum Gasteiger partial charge on any atom is 1.00 e. The molecule has 3 nitrogen and oxygen atoms in total. The monoisotopic (exact) mass is 432 g/mol. The van der Waals surface area contributed by atoms with E-state index in [2.05, 4.69) is 4.90 Å². The van der Waals surface area contributed by atoms with Crippen LogP contribution in [0.2, 0.25) is 0 Å². The minimum Gasteiger partial charge on any atom is -0.497 e. The van der Waals surface area contributed by atoms with Gasteiger partial charge in [0.05, 0.1) is 14.2 Å². The first-order chi connectivity index (χ1) is 12.2. The SMILES string of the molecule is [CH-]=Cc1ccc(N(c2ccc(OC)cc2)c2ccc(OC)cc2)cc1.[Ru+]. The molecule has 1 radical (unpaired) electrons. The molecule has 0 aromatic heterocycles. The van der Waals surface area contributed by atoms with E-state index in [1.54, 1.807) is 20.3 Å². The van der Waals surface area contributed by atoms with Gasteiger partial charge >= 0.3 is 19.5 Å². The molecule has 0 atom stereocenters. The molecule has 0 aliphatic carbocycles. The van der Waals surface area contributed by atoms with Gasteiger partial charge in [-0.05, 0) is 48.5 Å². The molecule has 0 saturated heterocycles. The van der Waals surface area contributed by atoms with Crippen molar-refractivity contribution in [3.05, 3.63) is 84.9 Å². The quantitative estimate of drug-likeness (QED) is 0.374. The molecule has 3 rings (SSSR count). The summed E-state index contributed by atoms with van der Waals surface area (Å²) in [4.78, 5) is 2.17. The number of benzene rings is 3. The van der Waals surface area contributed by atoms with Crippen LogP contribution in [-0.4, -0.2) is 14.2 Å². The van der Waals surface area contributed by atoms with Gasteiger partial charge in [-0.2, -0.15) is 5.56 Å². The van der Waals surface area contributed by atoms with Gasteiger partial charge < -0.3 is 14.4 Å².